The van der Waals surface area contributed by atoms with E-state index in [1.807, 2.05) is 0 Å². The van der Waals surface area contributed by atoms with Gasteiger partial charge < -0.3 is 9.87 Å². The number of unbranched alkanes of at least 4 members (excludes halogenated alkanes) is 10. The van der Waals surface area contributed by atoms with Crippen molar-refractivity contribution in [1.82, 2.24) is 5.32 Å². The summed E-state index contributed by atoms with van der Waals surface area (Å²) in [7, 11) is -4.06. The Morgan fingerprint density at radius 3 is 1.81 bits per heavy atom. The van der Waals surface area contributed by atoms with Gasteiger partial charge in [0.25, 0.3) is 0 Å². The molecule has 5 nitrogen and oxygen atoms in total. The first-order chi connectivity index (χ1) is 12.4. The monoisotopic (exact) mass is 411 g/mol. The van der Waals surface area contributed by atoms with Gasteiger partial charge in [-0.25, -0.2) is 8.42 Å². The number of hydrogen-bond donors (Lipinski definition) is 1. The number of rotatable bonds is 18. The summed E-state index contributed by atoms with van der Waals surface area (Å²) in [6, 6.07) is 0.220. The van der Waals surface area contributed by atoms with Crippen molar-refractivity contribution in [2.24, 2.45) is 0 Å². The minimum Gasteiger partial charge on any atom is -0.748 e. The predicted octanol–water partition coefficient (Wildman–Crippen LogP) is 1.69. The molecule has 0 aliphatic rings. The van der Waals surface area contributed by atoms with Crippen LogP contribution in [-0.4, -0.2) is 30.7 Å². The van der Waals surface area contributed by atoms with E-state index in [9.17, 15) is 17.8 Å². The van der Waals surface area contributed by atoms with Crippen molar-refractivity contribution in [3.05, 3.63) is 12.7 Å². The van der Waals surface area contributed by atoms with Crippen molar-refractivity contribution in [2.45, 2.75) is 103 Å². The minimum absolute atomic E-state index is 0. The fourth-order valence-corrected chi connectivity index (χ4v) is 3.65. The first-order valence-electron chi connectivity index (χ1n) is 10.3. The van der Waals surface area contributed by atoms with Gasteiger partial charge in [0, 0.05) is 11.8 Å². The van der Waals surface area contributed by atoms with E-state index in [0.717, 1.165) is 51.4 Å². The molecule has 27 heavy (non-hydrogen) atoms. The van der Waals surface area contributed by atoms with Crippen LogP contribution in [-0.2, 0) is 14.9 Å². The quantitative estimate of drug-likeness (QED) is 0.161. The predicted molar refractivity (Wildman–Crippen MR) is 107 cm³/mol. The summed E-state index contributed by atoms with van der Waals surface area (Å²) in [5.74, 6) is -0.346. The first-order valence-corrected chi connectivity index (χ1v) is 11.8. The van der Waals surface area contributed by atoms with Gasteiger partial charge in [-0.2, -0.15) is 0 Å². The van der Waals surface area contributed by atoms with E-state index in [1.165, 1.54) is 38.2 Å². The normalized spacial score (nSPS) is 12.2. The molecule has 0 rings (SSSR count). The standard InChI is InChI=1S/C20H39NO4S.Na/c1-3-5-6-7-10-13-16-19(21-20(22)4-2)17-14-11-8-9-12-15-18-26(23,24)25;/h4,19H,2-3,5-18H2,1H3,(H,21,22)(H,23,24,25);/q;+1/p-1. The molecule has 1 N–H and O–H groups in total. The molecule has 0 aliphatic carbocycles. The fourth-order valence-electron chi connectivity index (χ4n) is 3.10. The second kappa shape index (κ2) is 19.4. The summed E-state index contributed by atoms with van der Waals surface area (Å²) in [4.78, 5) is 11.6. The maximum absolute atomic E-state index is 11.6. The Hall–Kier alpha value is 0.120. The van der Waals surface area contributed by atoms with Crippen LogP contribution in [0.15, 0.2) is 12.7 Å². The maximum Gasteiger partial charge on any atom is 1.00 e. The van der Waals surface area contributed by atoms with Crippen molar-refractivity contribution in [1.29, 1.82) is 0 Å². The fraction of sp³-hybridized carbons (Fsp3) is 0.850. The summed E-state index contributed by atoms with van der Waals surface area (Å²) in [5.41, 5.74) is 0. The minimum atomic E-state index is -4.06. The van der Waals surface area contributed by atoms with Gasteiger partial charge in [0.2, 0.25) is 5.91 Å². The van der Waals surface area contributed by atoms with E-state index in [1.54, 1.807) is 0 Å². The zero-order chi connectivity index (χ0) is 19.7. The average molecular weight is 412 g/mol. The van der Waals surface area contributed by atoms with Crippen LogP contribution in [0.1, 0.15) is 96.8 Å². The molecule has 0 aromatic heterocycles. The Labute approximate surface area is 189 Å². The number of nitrogens with one attached hydrogen (secondary N) is 1. The SMILES string of the molecule is C=CC(=O)NC(CCCCCCCC)CCCCCCCCS(=O)(=O)[O-].[Na+]. The van der Waals surface area contributed by atoms with Crippen LogP contribution in [0.2, 0.25) is 0 Å². The van der Waals surface area contributed by atoms with Crippen LogP contribution in [0.4, 0.5) is 0 Å². The van der Waals surface area contributed by atoms with Gasteiger partial charge in [-0.1, -0.05) is 84.1 Å². The summed E-state index contributed by atoms with van der Waals surface area (Å²) in [5, 5.41) is 3.04. The molecule has 0 aliphatic heterocycles. The van der Waals surface area contributed by atoms with E-state index in [-0.39, 0.29) is 47.3 Å². The zero-order valence-corrected chi connectivity index (χ0v) is 20.3. The molecule has 154 valence electrons. The molecular weight excluding hydrogens is 373 g/mol. The summed E-state index contributed by atoms with van der Waals surface area (Å²) >= 11 is 0. The topological polar surface area (TPSA) is 86.3 Å². The number of hydrogen-bond acceptors (Lipinski definition) is 4. The molecule has 0 heterocycles. The van der Waals surface area contributed by atoms with Gasteiger partial charge in [-0.15, -0.1) is 0 Å². The van der Waals surface area contributed by atoms with Crippen molar-refractivity contribution in [2.75, 3.05) is 5.75 Å². The van der Waals surface area contributed by atoms with Gasteiger partial charge in [-0.05, 0) is 25.3 Å². The van der Waals surface area contributed by atoms with Crippen LogP contribution in [0.25, 0.3) is 0 Å². The van der Waals surface area contributed by atoms with Gasteiger partial charge in [0.05, 0.1) is 10.1 Å². The van der Waals surface area contributed by atoms with Gasteiger partial charge >= 0.3 is 29.6 Å². The smallest absolute Gasteiger partial charge is 0.748 e. The second-order valence-electron chi connectivity index (χ2n) is 7.14. The van der Waals surface area contributed by atoms with Gasteiger partial charge in [-0.3, -0.25) is 4.79 Å². The molecule has 7 heteroatoms. The maximum atomic E-state index is 11.6. The molecule has 0 aromatic carbocycles. The van der Waals surface area contributed by atoms with Crippen molar-refractivity contribution in [3.8, 4) is 0 Å². The van der Waals surface area contributed by atoms with Crippen molar-refractivity contribution in [3.63, 3.8) is 0 Å². The van der Waals surface area contributed by atoms with E-state index in [2.05, 4.69) is 18.8 Å². The van der Waals surface area contributed by atoms with Crippen LogP contribution in [0, 0.1) is 0 Å². The van der Waals surface area contributed by atoms with Crippen LogP contribution < -0.4 is 34.9 Å². The van der Waals surface area contributed by atoms with E-state index in [0.29, 0.717) is 6.42 Å². The molecule has 1 atom stereocenters. The van der Waals surface area contributed by atoms with E-state index < -0.39 is 10.1 Å². The largest absolute Gasteiger partial charge is 1.00 e. The molecule has 0 spiro atoms. The van der Waals surface area contributed by atoms with Gasteiger partial charge in [0.15, 0.2) is 0 Å². The van der Waals surface area contributed by atoms with E-state index in [4.69, 9.17) is 0 Å². The zero-order valence-electron chi connectivity index (χ0n) is 17.5. The Kier molecular flexibility index (Phi) is 21.1. The van der Waals surface area contributed by atoms with E-state index >= 15 is 0 Å². The van der Waals surface area contributed by atoms with Crippen LogP contribution in [0.5, 0.6) is 0 Å². The molecule has 0 saturated carbocycles. The third-order valence-corrected chi connectivity index (χ3v) is 5.42. The third kappa shape index (κ3) is 22.3. The Morgan fingerprint density at radius 2 is 1.37 bits per heavy atom. The first kappa shape index (κ1) is 29.3. The number of amides is 1. The number of carbonyl (C=O) groups excluding carboxylic acids is 1. The third-order valence-electron chi connectivity index (χ3n) is 4.63. The van der Waals surface area contributed by atoms with Crippen LogP contribution in [0.3, 0.4) is 0 Å². The Balaban J connectivity index is 0. The number of carbonyl (C=O) groups is 1. The Bertz CT molecular complexity index is 469. The summed E-state index contributed by atoms with van der Waals surface area (Å²) < 4.78 is 31.6. The molecule has 0 radical (unpaired) electrons. The molecule has 1 unspecified atom stereocenters. The molecule has 1 amide bonds. The molecule has 0 aromatic rings. The second-order valence-corrected chi connectivity index (χ2v) is 8.66. The summed E-state index contributed by atoms with van der Waals surface area (Å²) in [6.45, 7) is 5.74. The molecule has 0 bridgehead atoms. The molecular formula is C20H38NNaO4S. The molecule has 0 fully saturated rings. The van der Waals surface area contributed by atoms with Crippen LogP contribution >= 0.6 is 0 Å². The molecule has 0 saturated heterocycles. The summed E-state index contributed by atoms with van der Waals surface area (Å²) in [6.07, 6.45) is 16.2. The van der Waals surface area contributed by atoms with Crippen molar-refractivity contribution < 1.29 is 47.3 Å². The average Bonchev–Trinajstić information content (AvgIpc) is 2.58. The van der Waals surface area contributed by atoms with Crippen molar-refractivity contribution >= 4 is 16.0 Å². The van der Waals surface area contributed by atoms with Gasteiger partial charge in [0.1, 0.15) is 0 Å². The Morgan fingerprint density at radius 1 is 0.926 bits per heavy atom.